The van der Waals surface area contributed by atoms with E-state index in [9.17, 15) is 4.79 Å². The molecule has 1 aromatic rings. The Kier molecular flexibility index (Phi) is 4.63. The molecule has 0 bridgehead atoms. The molecular formula is C14H19NO4. The molecule has 0 saturated heterocycles. The molecule has 2 rings (SSSR count). The fourth-order valence-corrected chi connectivity index (χ4v) is 2.02. The Morgan fingerprint density at radius 3 is 2.84 bits per heavy atom. The maximum absolute atomic E-state index is 11.8. The molecule has 1 atom stereocenters. The van der Waals surface area contributed by atoms with Crippen molar-refractivity contribution in [2.24, 2.45) is 0 Å². The molecule has 1 aliphatic rings. The second-order valence-corrected chi connectivity index (χ2v) is 4.36. The molecule has 0 N–H and O–H groups in total. The average Bonchev–Trinajstić information content (AvgIpc) is 2.44. The molecule has 5 nitrogen and oxygen atoms in total. The van der Waals surface area contributed by atoms with Crippen LogP contribution >= 0.6 is 0 Å². The molecule has 0 spiro atoms. The van der Waals surface area contributed by atoms with Crippen molar-refractivity contribution in [1.29, 1.82) is 0 Å². The van der Waals surface area contributed by atoms with Gasteiger partial charge in [0, 0.05) is 13.7 Å². The van der Waals surface area contributed by atoms with Crippen LogP contribution in [0.1, 0.15) is 6.92 Å². The number of carbonyl (C=O) groups excluding carboxylic acids is 1. The summed E-state index contributed by atoms with van der Waals surface area (Å²) in [6.07, 6.45) is -0.143. The van der Waals surface area contributed by atoms with Crippen molar-refractivity contribution in [1.82, 2.24) is 4.90 Å². The van der Waals surface area contributed by atoms with Gasteiger partial charge in [-0.1, -0.05) is 12.1 Å². The lowest BCUT2D eigenvalue weighted by Gasteiger charge is -2.30. The van der Waals surface area contributed by atoms with Gasteiger partial charge in [0.25, 0.3) is 0 Å². The normalized spacial score (nSPS) is 17.1. The van der Waals surface area contributed by atoms with Crippen LogP contribution in [0.4, 0.5) is 0 Å². The number of para-hydroxylation sites is 2. The zero-order chi connectivity index (χ0) is 13.7. The topological polar surface area (TPSA) is 48.0 Å². The number of ether oxygens (including phenoxy) is 3. The summed E-state index contributed by atoms with van der Waals surface area (Å²) in [7, 11) is 1.52. The van der Waals surface area contributed by atoms with Gasteiger partial charge >= 0.3 is 0 Å². The van der Waals surface area contributed by atoms with Crippen molar-refractivity contribution in [2.45, 2.75) is 13.0 Å². The molecule has 104 valence electrons. The molecule has 0 saturated carbocycles. The number of likely N-dealkylation sites (N-methyl/N-ethyl adjacent to an activating group) is 1. The van der Waals surface area contributed by atoms with E-state index in [2.05, 4.69) is 0 Å². The monoisotopic (exact) mass is 265 g/mol. The van der Waals surface area contributed by atoms with Gasteiger partial charge in [-0.25, -0.2) is 0 Å². The Morgan fingerprint density at radius 2 is 2.16 bits per heavy atom. The van der Waals surface area contributed by atoms with Crippen LogP contribution in [0.15, 0.2) is 24.3 Å². The number of methoxy groups -OCH3 is 1. The maximum Gasteiger partial charge on any atom is 0.248 e. The minimum absolute atomic E-state index is 0.0348. The van der Waals surface area contributed by atoms with Crippen molar-refractivity contribution in [3.8, 4) is 11.5 Å². The third-order valence-corrected chi connectivity index (χ3v) is 2.99. The number of nitrogens with zero attached hydrogens (tertiary/aromatic N) is 1. The van der Waals surface area contributed by atoms with Crippen molar-refractivity contribution in [2.75, 3.05) is 33.4 Å². The predicted molar refractivity (Wildman–Crippen MR) is 70.5 cm³/mol. The molecule has 1 aromatic carbocycles. The number of fused-ring (bicyclic) bond motifs is 1. The molecule has 19 heavy (non-hydrogen) atoms. The minimum Gasteiger partial charge on any atom is -0.486 e. The van der Waals surface area contributed by atoms with Crippen LogP contribution in [0.5, 0.6) is 11.5 Å². The molecule has 0 aromatic heterocycles. The summed E-state index contributed by atoms with van der Waals surface area (Å²) in [6, 6.07) is 7.55. The Labute approximate surface area is 113 Å². The molecule has 1 amide bonds. The molecule has 0 aliphatic carbocycles. The van der Waals surface area contributed by atoms with Gasteiger partial charge in [0.1, 0.15) is 13.2 Å². The van der Waals surface area contributed by atoms with Crippen LogP contribution in [0.25, 0.3) is 0 Å². The first-order valence-electron chi connectivity index (χ1n) is 6.39. The van der Waals surface area contributed by atoms with E-state index in [1.54, 1.807) is 4.90 Å². The minimum atomic E-state index is -0.143. The van der Waals surface area contributed by atoms with Crippen LogP contribution in [0.3, 0.4) is 0 Å². The van der Waals surface area contributed by atoms with Gasteiger partial charge in [0.05, 0.1) is 6.54 Å². The van der Waals surface area contributed by atoms with Crippen LogP contribution in [0, 0.1) is 0 Å². The summed E-state index contributed by atoms with van der Waals surface area (Å²) >= 11 is 0. The largest absolute Gasteiger partial charge is 0.486 e. The molecule has 1 aliphatic heterocycles. The van der Waals surface area contributed by atoms with Gasteiger partial charge in [-0.2, -0.15) is 0 Å². The smallest absolute Gasteiger partial charge is 0.248 e. The first kappa shape index (κ1) is 13.7. The zero-order valence-corrected chi connectivity index (χ0v) is 11.3. The standard InChI is InChI=1S/C14H19NO4/c1-3-15(14(16)10-17-2)8-11-9-18-12-6-4-5-7-13(12)19-11/h4-7,11H,3,8-10H2,1-2H3. The summed E-state index contributed by atoms with van der Waals surface area (Å²) in [5.41, 5.74) is 0. The van der Waals surface area contributed by atoms with E-state index in [1.165, 1.54) is 7.11 Å². The Hall–Kier alpha value is -1.75. The Balaban J connectivity index is 1.95. The van der Waals surface area contributed by atoms with E-state index < -0.39 is 0 Å². The quantitative estimate of drug-likeness (QED) is 0.805. The van der Waals surface area contributed by atoms with Crippen molar-refractivity contribution >= 4 is 5.91 Å². The van der Waals surface area contributed by atoms with E-state index in [1.807, 2.05) is 31.2 Å². The van der Waals surface area contributed by atoms with E-state index in [0.717, 1.165) is 11.5 Å². The van der Waals surface area contributed by atoms with Gasteiger partial charge < -0.3 is 19.1 Å². The highest BCUT2D eigenvalue weighted by Gasteiger charge is 2.24. The molecule has 1 unspecified atom stereocenters. The summed E-state index contributed by atoms with van der Waals surface area (Å²) in [5.74, 6) is 1.45. The molecule has 5 heteroatoms. The number of hydrogen-bond acceptors (Lipinski definition) is 4. The molecule has 1 heterocycles. The van der Waals surface area contributed by atoms with Gasteiger partial charge in [-0.3, -0.25) is 4.79 Å². The maximum atomic E-state index is 11.8. The highest BCUT2D eigenvalue weighted by Crippen LogP contribution is 2.30. The lowest BCUT2D eigenvalue weighted by Crippen LogP contribution is -2.44. The van der Waals surface area contributed by atoms with Crippen LogP contribution in [0.2, 0.25) is 0 Å². The lowest BCUT2D eigenvalue weighted by molar-refractivity contribution is -0.136. The van der Waals surface area contributed by atoms with Crippen molar-refractivity contribution < 1.29 is 19.0 Å². The number of amides is 1. The summed E-state index contributed by atoms with van der Waals surface area (Å²) < 4.78 is 16.3. The van der Waals surface area contributed by atoms with Crippen LogP contribution in [-0.4, -0.2) is 50.3 Å². The summed E-state index contributed by atoms with van der Waals surface area (Å²) in [6.45, 7) is 3.62. The van der Waals surface area contributed by atoms with Gasteiger partial charge in [-0.05, 0) is 19.1 Å². The highest BCUT2D eigenvalue weighted by molar-refractivity contribution is 5.77. The van der Waals surface area contributed by atoms with Crippen molar-refractivity contribution in [3.05, 3.63) is 24.3 Å². The fraction of sp³-hybridized carbons (Fsp3) is 0.500. The SMILES string of the molecule is CCN(CC1COc2ccccc2O1)C(=O)COC. The van der Waals surface area contributed by atoms with Gasteiger partial charge in [0.2, 0.25) is 5.91 Å². The number of hydrogen-bond donors (Lipinski definition) is 0. The highest BCUT2D eigenvalue weighted by atomic mass is 16.6. The van der Waals surface area contributed by atoms with E-state index in [-0.39, 0.29) is 18.6 Å². The van der Waals surface area contributed by atoms with Gasteiger partial charge in [0.15, 0.2) is 17.6 Å². The fourth-order valence-electron chi connectivity index (χ4n) is 2.02. The van der Waals surface area contributed by atoms with Crippen molar-refractivity contribution in [3.63, 3.8) is 0 Å². The zero-order valence-electron chi connectivity index (χ0n) is 11.3. The third-order valence-electron chi connectivity index (χ3n) is 2.99. The summed E-state index contributed by atoms with van der Waals surface area (Å²) in [4.78, 5) is 13.5. The second kappa shape index (κ2) is 6.43. The second-order valence-electron chi connectivity index (χ2n) is 4.36. The number of benzene rings is 1. The Morgan fingerprint density at radius 1 is 1.42 bits per heavy atom. The van der Waals surface area contributed by atoms with E-state index >= 15 is 0 Å². The summed E-state index contributed by atoms with van der Waals surface area (Å²) in [5, 5.41) is 0. The van der Waals surface area contributed by atoms with Crippen LogP contribution in [-0.2, 0) is 9.53 Å². The average molecular weight is 265 g/mol. The van der Waals surface area contributed by atoms with Gasteiger partial charge in [-0.15, -0.1) is 0 Å². The van der Waals surface area contributed by atoms with E-state index in [4.69, 9.17) is 14.2 Å². The number of carbonyl (C=O) groups is 1. The predicted octanol–water partition coefficient (Wildman–Crippen LogP) is 1.32. The Bertz CT molecular complexity index is 435. The van der Waals surface area contributed by atoms with Crippen LogP contribution < -0.4 is 9.47 Å². The first-order chi connectivity index (χ1) is 9.24. The first-order valence-corrected chi connectivity index (χ1v) is 6.39. The molecule has 0 radical (unpaired) electrons. The van der Waals surface area contributed by atoms with E-state index in [0.29, 0.717) is 19.7 Å². The molecular weight excluding hydrogens is 246 g/mol. The lowest BCUT2D eigenvalue weighted by atomic mass is 10.2. The molecule has 0 fully saturated rings. The number of rotatable bonds is 5. The third kappa shape index (κ3) is 3.38.